The SMILES string of the molecule is C=C(C)C(NCC)c1cc(C)nnc1CC. The molecule has 0 aliphatic heterocycles. The fraction of sp³-hybridized carbons (Fsp3) is 0.538. The van der Waals surface area contributed by atoms with Crippen LogP contribution in [0.5, 0.6) is 0 Å². The number of hydrogen-bond acceptors (Lipinski definition) is 3. The molecule has 0 aliphatic carbocycles. The Morgan fingerprint density at radius 3 is 2.62 bits per heavy atom. The van der Waals surface area contributed by atoms with Gasteiger partial charge in [0.1, 0.15) is 0 Å². The highest BCUT2D eigenvalue weighted by atomic mass is 15.1. The van der Waals surface area contributed by atoms with E-state index >= 15 is 0 Å². The van der Waals surface area contributed by atoms with E-state index in [-0.39, 0.29) is 6.04 Å². The zero-order valence-corrected chi connectivity index (χ0v) is 10.7. The zero-order chi connectivity index (χ0) is 12.1. The van der Waals surface area contributed by atoms with Crippen molar-refractivity contribution in [2.75, 3.05) is 6.54 Å². The molecule has 1 aromatic rings. The van der Waals surface area contributed by atoms with Crippen LogP contribution in [0.2, 0.25) is 0 Å². The molecule has 0 saturated carbocycles. The normalized spacial score (nSPS) is 12.5. The Kier molecular flexibility index (Phi) is 4.62. The van der Waals surface area contributed by atoms with Crippen LogP contribution in [-0.2, 0) is 6.42 Å². The molecule has 88 valence electrons. The van der Waals surface area contributed by atoms with Crippen LogP contribution in [0.4, 0.5) is 0 Å². The molecule has 1 N–H and O–H groups in total. The highest BCUT2D eigenvalue weighted by molar-refractivity contribution is 5.30. The van der Waals surface area contributed by atoms with Gasteiger partial charge in [-0.1, -0.05) is 26.0 Å². The minimum Gasteiger partial charge on any atom is -0.307 e. The fourth-order valence-electron chi connectivity index (χ4n) is 1.81. The van der Waals surface area contributed by atoms with Gasteiger partial charge in [0.2, 0.25) is 0 Å². The molecule has 1 rings (SSSR count). The number of aromatic nitrogens is 2. The van der Waals surface area contributed by atoms with Crippen molar-refractivity contribution in [1.82, 2.24) is 15.5 Å². The van der Waals surface area contributed by atoms with Crippen molar-refractivity contribution in [3.05, 3.63) is 35.2 Å². The summed E-state index contributed by atoms with van der Waals surface area (Å²) in [4.78, 5) is 0. The third-order valence-corrected chi connectivity index (χ3v) is 2.57. The van der Waals surface area contributed by atoms with Crippen molar-refractivity contribution in [2.45, 2.75) is 40.2 Å². The lowest BCUT2D eigenvalue weighted by molar-refractivity contribution is 0.608. The molecule has 1 heterocycles. The predicted octanol–water partition coefficient (Wildman–Crippen LogP) is 2.57. The molecule has 3 nitrogen and oxygen atoms in total. The molecule has 0 saturated heterocycles. The average molecular weight is 219 g/mol. The minimum absolute atomic E-state index is 0.189. The summed E-state index contributed by atoms with van der Waals surface area (Å²) < 4.78 is 0. The number of nitrogens with zero attached hydrogens (tertiary/aromatic N) is 2. The number of rotatable bonds is 5. The summed E-state index contributed by atoms with van der Waals surface area (Å²) in [7, 11) is 0. The van der Waals surface area contributed by atoms with Crippen LogP contribution in [0.25, 0.3) is 0 Å². The van der Waals surface area contributed by atoms with E-state index in [9.17, 15) is 0 Å². The second-order valence-electron chi connectivity index (χ2n) is 4.08. The van der Waals surface area contributed by atoms with Crippen LogP contribution in [0.3, 0.4) is 0 Å². The molecular formula is C13H21N3. The van der Waals surface area contributed by atoms with Crippen molar-refractivity contribution in [2.24, 2.45) is 0 Å². The fourth-order valence-corrected chi connectivity index (χ4v) is 1.81. The summed E-state index contributed by atoms with van der Waals surface area (Å²) in [6.45, 7) is 13.2. The van der Waals surface area contributed by atoms with Crippen molar-refractivity contribution in [3.63, 3.8) is 0 Å². The summed E-state index contributed by atoms with van der Waals surface area (Å²) in [6, 6.07) is 2.29. The van der Waals surface area contributed by atoms with Crippen LogP contribution in [0.15, 0.2) is 18.2 Å². The Morgan fingerprint density at radius 1 is 1.44 bits per heavy atom. The predicted molar refractivity (Wildman–Crippen MR) is 67.4 cm³/mol. The van der Waals surface area contributed by atoms with E-state index in [2.05, 4.69) is 42.0 Å². The standard InChI is InChI=1S/C13H21N3/c1-6-12-11(8-10(5)15-16-12)13(9(3)4)14-7-2/h8,13-14H,3,6-7H2,1-2,4-5H3. The highest BCUT2D eigenvalue weighted by Crippen LogP contribution is 2.23. The average Bonchev–Trinajstić information content (AvgIpc) is 2.25. The molecule has 0 bridgehead atoms. The maximum atomic E-state index is 4.25. The van der Waals surface area contributed by atoms with Crippen LogP contribution >= 0.6 is 0 Å². The van der Waals surface area contributed by atoms with Gasteiger partial charge in [0, 0.05) is 0 Å². The quantitative estimate of drug-likeness (QED) is 0.773. The third kappa shape index (κ3) is 2.89. The Morgan fingerprint density at radius 2 is 2.12 bits per heavy atom. The summed E-state index contributed by atoms with van der Waals surface area (Å²) in [6.07, 6.45) is 0.901. The summed E-state index contributed by atoms with van der Waals surface area (Å²) in [5, 5.41) is 11.8. The lowest BCUT2D eigenvalue weighted by Crippen LogP contribution is -2.23. The first kappa shape index (κ1) is 12.8. The van der Waals surface area contributed by atoms with E-state index in [0.717, 1.165) is 29.9 Å². The van der Waals surface area contributed by atoms with Crippen molar-refractivity contribution < 1.29 is 0 Å². The Labute approximate surface area is 98.0 Å². The van der Waals surface area contributed by atoms with Gasteiger partial charge in [-0.15, -0.1) is 0 Å². The van der Waals surface area contributed by atoms with Crippen molar-refractivity contribution >= 4 is 0 Å². The molecule has 3 heteroatoms. The molecular weight excluding hydrogens is 198 g/mol. The Hall–Kier alpha value is -1.22. The summed E-state index contributed by atoms with van der Waals surface area (Å²) in [5.74, 6) is 0. The van der Waals surface area contributed by atoms with Gasteiger partial charge < -0.3 is 5.32 Å². The first-order chi connectivity index (χ1) is 7.60. The Bertz CT molecular complexity index is 371. The van der Waals surface area contributed by atoms with Gasteiger partial charge in [-0.2, -0.15) is 10.2 Å². The third-order valence-electron chi connectivity index (χ3n) is 2.57. The maximum absolute atomic E-state index is 4.25. The maximum Gasteiger partial charge on any atom is 0.0679 e. The number of nitrogens with one attached hydrogen (secondary N) is 1. The molecule has 0 amide bonds. The summed E-state index contributed by atoms with van der Waals surface area (Å²) in [5.41, 5.74) is 4.34. The van der Waals surface area contributed by atoms with E-state index in [0.29, 0.717) is 0 Å². The first-order valence-electron chi connectivity index (χ1n) is 5.82. The van der Waals surface area contributed by atoms with Gasteiger partial charge >= 0.3 is 0 Å². The lowest BCUT2D eigenvalue weighted by atomic mass is 9.98. The summed E-state index contributed by atoms with van der Waals surface area (Å²) >= 11 is 0. The van der Waals surface area contributed by atoms with Gasteiger partial charge in [0.15, 0.2) is 0 Å². The molecule has 1 aromatic heterocycles. The van der Waals surface area contributed by atoms with Gasteiger partial charge in [-0.3, -0.25) is 0 Å². The van der Waals surface area contributed by atoms with Crippen LogP contribution < -0.4 is 5.32 Å². The van der Waals surface area contributed by atoms with Crippen LogP contribution in [0.1, 0.15) is 43.8 Å². The minimum atomic E-state index is 0.189. The first-order valence-corrected chi connectivity index (χ1v) is 5.82. The monoisotopic (exact) mass is 219 g/mol. The van der Waals surface area contributed by atoms with Gasteiger partial charge in [0.25, 0.3) is 0 Å². The van der Waals surface area contributed by atoms with Crippen LogP contribution in [0, 0.1) is 6.92 Å². The molecule has 0 fully saturated rings. The second-order valence-corrected chi connectivity index (χ2v) is 4.08. The molecule has 0 spiro atoms. The number of aryl methyl sites for hydroxylation is 2. The van der Waals surface area contributed by atoms with Gasteiger partial charge in [0.05, 0.1) is 17.4 Å². The van der Waals surface area contributed by atoms with Crippen molar-refractivity contribution in [3.8, 4) is 0 Å². The van der Waals surface area contributed by atoms with E-state index in [4.69, 9.17) is 0 Å². The van der Waals surface area contributed by atoms with E-state index in [1.807, 2.05) is 13.8 Å². The highest BCUT2D eigenvalue weighted by Gasteiger charge is 2.15. The lowest BCUT2D eigenvalue weighted by Gasteiger charge is -2.20. The smallest absolute Gasteiger partial charge is 0.0679 e. The molecule has 0 aliphatic rings. The molecule has 0 radical (unpaired) electrons. The topological polar surface area (TPSA) is 37.8 Å². The number of hydrogen-bond donors (Lipinski definition) is 1. The van der Waals surface area contributed by atoms with Crippen molar-refractivity contribution in [1.29, 1.82) is 0 Å². The zero-order valence-electron chi connectivity index (χ0n) is 10.7. The van der Waals surface area contributed by atoms with E-state index in [1.54, 1.807) is 0 Å². The largest absolute Gasteiger partial charge is 0.307 e. The second kappa shape index (κ2) is 5.75. The van der Waals surface area contributed by atoms with E-state index in [1.165, 1.54) is 5.56 Å². The molecule has 16 heavy (non-hydrogen) atoms. The molecule has 1 unspecified atom stereocenters. The van der Waals surface area contributed by atoms with Crippen LogP contribution in [-0.4, -0.2) is 16.7 Å². The number of likely N-dealkylation sites (N-methyl/N-ethyl adjacent to an activating group) is 1. The Balaban J connectivity index is 3.15. The van der Waals surface area contributed by atoms with E-state index < -0.39 is 0 Å². The van der Waals surface area contributed by atoms with Gasteiger partial charge in [-0.25, -0.2) is 0 Å². The molecule has 1 atom stereocenters. The van der Waals surface area contributed by atoms with Gasteiger partial charge in [-0.05, 0) is 38.4 Å². The molecule has 0 aromatic carbocycles.